The van der Waals surface area contributed by atoms with E-state index >= 15 is 0 Å². The fourth-order valence-electron chi connectivity index (χ4n) is 2.55. The molecule has 0 aromatic carbocycles. The molecule has 0 aromatic rings. The van der Waals surface area contributed by atoms with Crippen LogP contribution in [0.2, 0.25) is 0 Å². The molecule has 3 nitrogen and oxygen atoms in total. The maximum Gasteiger partial charge on any atom is 0.0975 e. The number of nitrogens with two attached hydrogens (primary N) is 1. The van der Waals surface area contributed by atoms with E-state index in [0.717, 1.165) is 25.7 Å². The molecular weight excluding hydrogens is 186 g/mol. The lowest BCUT2D eigenvalue weighted by Crippen LogP contribution is -2.44. The SMILES string of the molecule is CC(C)(C)CC1=NC2CCC(N)CC2N1. The quantitative estimate of drug-likeness (QED) is 0.690. The molecule has 2 rings (SSSR count). The standard InChI is InChI=1S/C12H23N3/c1-12(2,3)7-11-14-9-5-4-8(13)6-10(9)15-11/h8-10H,4-7,13H2,1-3H3,(H,14,15). The summed E-state index contributed by atoms with van der Waals surface area (Å²) in [5.41, 5.74) is 6.29. The first-order valence-electron chi connectivity index (χ1n) is 6.03. The van der Waals surface area contributed by atoms with Crippen LogP contribution in [0.25, 0.3) is 0 Å². The Labute approximate surface area is 92.5 Å². The van der Waals surface area contributed by atoms with Crippen LogP contribution >= 0.6 is 0 Å². The summed E-state index contributed by atoms with van der Waals surface area (Å²) in [7, 11) is 0. The summed E-state index contributed by atoms with van der Waals surface area (Å²) in [5.74, 6) is 1.20. The summed E-state index contributed by atoms with van der Waals surface area (Å²) >= 11 is 0. The Balaban J connectivity index is 1.96. The van der Waals surface area contributed by atoms with E-state index in [4.69, 9.17) is 10.7 Å². The molecule has 0 amide bonds. The van der Waals surface area contributed by atoms with Gasteiger partial charge in [-0.3, -0.25) is 4.99 Å². The number of rotatable bonds is 1. The minimum atomic E-state index is 0.321. The van der Waals surface area contributed by atoms with Crippen molar-refractivity contribution in [2.45, 2.75) is 64.6 Å². The van der Waals surface area contributed by atoms with Gasteiger partial charge in [-0.15, -0.1) is 0 Å². The molecule has 0 saturated heterocycles. The molecule has 3 unspecified atom stereocenters. The van der Waals surface area contributed by atoms with Crippen LogP contribution in [0, 0.1) is 5.41 Å². The van der Waals surface area contributed by atoms with E-state index in [9.17, 15) is 0 Å². The number of fused-ring (bicyclic) bond motifs is 1. The molecule has 0 aromatic heterocycles. The van der Waals surface area contributed by atoms with Crippen molar-refractivity contribution >= 4 is 5.84 Å². The van der Waals surface area contributed by atoms with Gasteiger partial charge in [-0.2, -0.15) is 0 Å². The van der Waals surface area contributed by atoms with Crippen molar-refractivity contribution in [2.24, 2.45) is 16.1 Å². The van der Waals surface area contributed by atoms with Crippen molar-refractivity contribution in [1.82, 2.24) is 5.32 Å². The lowest BCUT2D eigenvalue weighted by molar-refractivity contribution is 0.346. The molecule has 2 aliphatic rings. The van der Waals surface area contributed by atoms with Crippen LogP contribution in [0.4, 0.5) is 0 Å². The Morgan fingerprint density at radius 1 is 1.40 bits per heavy atom. The lowest BCUT2D eigenvalue weighted by Gasteiger charge is -2.28. The van der Waals surface area contributed by atoms with Gasteiger partial charge in [-0.05, 0) is 24.7 Å². The Hall–Kier alpha value is -0.570. The summed E-state index contributed by atoms with van der Waals surface area (Å²) in [5, 5.41) is 3.55. The molecule has 3 N–H and O–H groups in total. The Bertz CT molecular complexity index is 265. The number of amidine groups is 1. The summed E-state index contributed by atoms with van der Waals surface area (Å²) in [6.07, 6.45) is 4.43. The fraction of sp³-hybridized carbons (Fsp3) is 0.917. The third-order valence-corrected chi connectivity index (χ3v) is 3.23. The molecule has 1 aliphatic carbocycles. The van der Waals surface area contributed by atoms with Gasteiger partial charge in [-0.1, -0.05) is 20.8 Å². The zero-order valence-corrected chi connectivity index (χ0v) is 10.1. The highest BCUT2D eigenvalue weighted by atomic mass is 15.1. The van der Waals surface area contributed by atoms with Crippen molar-refractivity contribution < 1.29 is 0 Å². The Morgan fingerprint density at radius 2 is 2.13 bits per heavy atom. The van der Waals surface area contributed by atoms with Gasteiger partial charge in [0.15, 0.2) is 0 Å². The maximum atomic E-state index is 5.97. The lowest BCUT2D eigenvalue weighted by atomic mass is 9.88. The minimum Gasteiger partial charge on any atom is -0.369 e. The van der Waals surface area contributed by atoms with Crippen molar-refractivity contribution in [3.8, 4) is 0 Å². The van der Waals surface area contributed by atoms with Crippen molar-refractivity contribution in [3.63, 3.8) is 0 Å². The van der Waals surface area contributed by atoms with Gasteiger partial charge in [-0.25, -0.2) is 0 Å². The van der Waals surface area contributed by atoms with E-state index in [-0.39, 0.29) is 0 Å². The van der Waals surface area contributed by atoms with Crippen LogP contribution in [-0.2, 0) is 0 Å². The second kappa shape index (κ2) is 3.78. The van der Waals surface area contributed by atoms with Gasteiger partial charge < -0.3 is 11.1 Å². The van der Waals surface area contributed by atoms with Crippen LogP contribution in [0.5, 0.6) is 0 Å². The van der Waals surface area contributed by atoms with Gasteiger partial charge in [0.05, 0.1) is 17.9 Å². The van der Waals surface area contributed by atoms with E-state index in [2.05, 4.69) is 26.1 Å². The largest absolute Gasteiger partial charge is 0.369 e. The molecule has 1 aliphatic heterocycles. The number of nitrogens with zero attached hydrogens (tertiary/aromatic N) is 1. The maximum absolute atomic E-state index is 5.97. The minimum absolute atomic E-state index is 0.321. The average molecular weight is 209 g/mol. The van der Waals surface area contributed by atoms with Crippen LogP contribution in [-0.4, -0.2) is 24.0 Å². The van der Waals surface area contributed by atoms with Gasteiger partial charge in [0.1, 0.15) is 0 Å². The number of hydrogen-bond donors (Lipinski definition) is 2. The second-order valence-corrected chi connectivity index (χ2v) is 6.20. The molecular formula is C12H23N3. The molecule has 1 heterocycles. The topological polar surface area (TPSA) is 50.4 Å². The monoisotopic (exact) mass is 209 g/mol. The van der Waals surface area contributed by atoms with Gasteiger partial charge in [0.25, 0.3) is 0 Å². The third-order valence-electron chi connectivity index (χ3n) is 3.23. The van der Waals surface area contributed by atoms with Gasteiger partial charge in [0.2, 0.25) is 0 Å². The normalized spacial score (nSPS) is 35.7. The fourth-order valence-corrected chi connectivity index (χ4v) is 2.55. The highest BCUT2D eigenvalue weighted by molar-refractivity contribution is 5.85. The summed E-state index contributed by atoms with van der Waals surface area (Å²) in [6, 6.07) is 1.40. The molecule has 0 bridgehead atoms. The molecule has 1 fully saturated rings. The Morgan fingerprint density at radius 3 is 2.80 bits per heavy atom. The zero-order chi connectivity index (χ0) is 11.1. The highest BCUT2D eigenvalue weighted by Gasteiger charge is 2.34. The highest BCUT2D eigenvalue weighted by Crippen LogP contribution is 2.27. The van der Waals surface area contributed by atoms with Crippen LogP contribution in [0.3, 0.4) is 0 Å². The predicted molar refractivity (Wildman–Crippen MR) is 64.0 cm³/mol. The number of aliphatic imine (C=N–C) groups is 1. The van der Waals surface area contributed by atoms with Crippen LogP contribution in [0.1, 0.15) is 46.5 Å². The summed E-state index contributed by atoms with van der Waals surface area (Å²) in [6.45, 7) is 6.76. The van der Waals surface area contributed by atoms with Crippen molar-refractivity contribution in [3.05, 3.63) is 0 Å². The van der Waals surface area contributed by atoms with E-state index in [1.165, 1.54) is 5.84 Å². The first-order valence-corrected chi connectivity index (χ1v) is 6.03. The van der Waals surface area contributed by atoms with Crippen LogP contribution in [0.15, 0.2) is 4.99 Å². The average Bonchev–Trinajstić information content (AvgIpc) is 2.42. The third kappa shape index (κ3) is 2.71. The first kappa shape index (κ1) is 10.9. The molecule has 86 valence electrons. The van der Waals surface area contributed by atoms with Crippen molar-refractivity contribution in [1.29, 1.82) is 0 Å². The second-order valence-electron chi connectivity index (χ2n) is 6.20. The smallest absolute Gasteiger partial charge is 0.0975 e. The molecule has 1 saturated carbocycles. The van der Waals surface area contributed by atoms with Gasteiger partial charge in [0, 0.05) is 12.5 Å². The van der Waals surface area contributed by atoms with Gasteiger partial charge >= 0.3 is 0 Å². The van der Waals surface area contributed by atoms with Crippen LogP contribution < -0.4 is 11.1 Å². The van der Waals surface area contributed by atoms with E-state index < -0.39 is 0 Å². The summed E-state index contributed by atoms with van der Waals surface area (Å²) in [4.78, 5) is 4.78. The van der Waals surface area contributed by atoms with E-state index in [1.807, 2.05) is 0 Å². The summed E-state index contributed by atoms with van der Waals surface area (Å²) < 4.78 is 0. The Kier molecular flexibility index (Phi) is 2.75. The molecule has 0 spiro atoms. The molecule has 15 heavy (non-hydrogen) atoms. The number of nitrogens with one attached hydrogen (secondary N) is 1. The van der Waals surface area contributed by atoms with E-state index in [1.54, 1.807) is 0 Å². The van der Waals surface area contributed by atoms with E-state index in [0.29, 0.717) is 23.5 Å². The first-order chi connectivity index (χ1) is 6.94. The van der Waals surface area contributed by atoms with Crippen molar-refractivity contribution in [2.75, 3.05) is 0 Å². The molecule has 0 radical (unpaired) electrons. The molecule has 3 atom stereocenters. The predicted octanol–water partition coefficient (Wildman–Crippen LogP) is 1.67. The zero-order valence-electron chi connectivity index (χ0n) is 10.1. The molecule has 3 heteroatoms. The number of hydrogen-bond acceptors (Lipinski definition) is 3.